The normalized spacial score (nSPS) is 12.5. The topological polar surface area (TPSA) is 140 Å². The summed E-state index contributed by atoms with van der Waals surface area (Å²) in [5.41, 5.74) is 0. The summed E-state index contributed by atoms with van der Waals surface area (Å²) in [7, 11) is 0. The van der Waals surface area contributed by atoms with Gasteiger partial charge in [-0.25, -0.2) is 0 Å². The SMILES string of the molecule is CCCCCCCCCCCCCCCCCCCCCC(=O)OC(O)(CO)C(O)(OC(=O)CCCCCCCCCCCCCCCCCCCCC)OC(=O)CCCCCCCCCCCCCCCCCCCCC. The molecule has 1 atom stereocenters. The first-order valence-corrected chi connectivity index (χ1v) is 34.9. The quantitative estimate of drug-likeness (QED) is 0.0309. The zero-order chi connectivity index (χ0) is 57.0. The molecule has 0 aliphatic rings. The van der Waals surface area contributed by atoms with Gasteiger partial charge in [-0.05, 0) is 19.3 Å². The minimum Gasteiger partial charge on any atom is -0.420 e. The molecule has 0 fully saturated rings. The van der Waals surface area contributed by atoms with Gasteiger partial charge in [0.2, 0.25) is 0 Å². The number of esters is 3. The Hall–Kier alpha value is -1.71. The molecule has 0 radical (unpaired) electrons. The van der Waals surface area contributed by atoms with E-state index in [2.05, 4.69) is 20.8 Å². The summed E-state index contributed by atoms with van der Waals surface area (Å²) >= 11 is 0. The van der Waals surface area contributed by atoms with Gasteiger partial charge in [0.25, 0.3) is 0 Å². The lowest BCUT2D eigenvalue weighted by Gasteiger charge is -2.38. The van der Waals surface area contributed by atoms with E-state index in [-0.39, 0.29) is 19.3 Å². The largest absolute Gasteiger partial charge is 0.446 e. The first-order valence-electron chi connectivity index (χ1n) is 34.9. The van der Waals surface area contributed by atoms with Crippen molar-refractivity contribution in [3.8, 4) is 0 Å². The first kappa shape index (κ1) is 76.3. The van der Waals surface area contributed by atoms with Crippen LogP contribution in [0.15, 0.2) is 0 Å². The molecule has 9 nitrogen and oxygen atoms in total. The summed E-state index contributed by atoms with van der Waals surface area (Å²) in [5, 5.41) is 33.4. The maximum atomic E-state index is 13.2. The molecule has 0 saturated carbocycles. The van der Waals surface area contributed by atoms with Crippen molar-refractivity contribution in [3.05, 3.63) is 0 Å². The van der Waals surface area contributed by atoms with Crippen LogP contribution >= 0.6 is 0 Å². The number of aliphatic hydroxyl groups excluding tert-OH is 1. The Bertz CT molecular complexity index is 1200. The maximum Gasteiger partial charge on any atom is 0.446 e. The third-order valence-corrected chi connectivity index (χ3v) is 16.4. The zero-order valence-corrected chi connectivity index (χ0v) is 52.4. The Kier molecular flexibility index (Phi) is 58.6. The molecule has 0 aliphatic carbocycles. The molecule has 0 amide bonds. The van der Waals surface area contributed by atoms with Crippen molar-refractivity contribution in [2.24, 2.45) is 0 Å². The monoisotopic (exact) mass is 1110 g/mol. The van der Waals surface area contributed by atoms with Crippen LogP contribution in [0.3, 0.4) is 0 Å². The molecule has 0 spiro atoms. The summed E-state index contributed by atoms with van der Waals surface area (Å²) in [6, 6.07) is 0. The summed E-state index contributed by atoms with van der Waals surface area (Å²) < 4.78 is 15.8. The standard InChI is InChI=1S/C69H134O9/c1-4-7-10-13-16-19-22-25-28-31-34-37-40-43-46-49-52-55-58-61-65(71)76-68(74,64-70)69(75,77-66(72)62-59-56-53-50-47-44-41-38-35-32-29-26-23-20-17-14-11-8-5-2)78-67(73)63-60-57-54-51-48-45-42-39-36-33-30-27-24-21-18-15-12-9-6-3/h70,74-75H,4-64H2,1-3H3. The fraction of sp³-hybridized carbons (Fsp3) is 0.957. The molecule has 3 N–H and O–H groups in total. The maximum absolute atomic E-state index is 13.2. The average Bonchev–Trinajstić information content (AvgIpc) is 3.48. The third kappa shape index (κ3) is 51.2. The van der Waals surface area contributed by atoms with Crippen molar-refractivity contribution in [2.45, 2.75) is 418 Å². The van der Waals surface area contributed by atoms with E-state index in [0.29, 0.717) is 19.3 Å². The van der Waals surface area contributed by atoms with Crippen molar-refractivity contribution in [3.63, 3.8) is 0 Å². The fourth-order valence-electron chi connectivity index (χ4n) is 11.1. The van der Waals surface area contributed by atoms with E-state index in [9.17, 15) is 29.7 Å². The van der Waals surface area contributed by atoms with Gasteiger partial charge in [-0.1, -0.05) is 367 Å². The second-order valence-electron chi connectivity index (χ2n) is 24.3. The van der Waals surface area contributed by atoms with Gasteiger partial charge in [0.1, 0.15) is 6.61 Å². The van der Waals surface area contributed by atoms with Gasteiger partial charge >= 0.3 is 29.7 Å². The number of hydrogen-bond acceptors (Lipinski definition) is 9. The highest BCUT2D eigenvalue weighted by molar-refractivity contribution is 5.73. The fourth-order valence-corrected chi connectivity index (χ4v) is 11.1. The van der Waals surface area contributed by atoms with Crippen LogP contribution in [0.5, 0.6) is 0 Å². The molecule has 0 aliphatic heterocycles. The number of ether oxygens (including phenoxy) is 3. The van der Waals surface area contributed by atoms with Gasteiger partial charge in [0, 0.05) is 19.3 Å². The summed E-state index contributed by atoms with van der Waals surface area (Å²) in [6.45, 7) is 5.48. The van der Waals surface area contributed by atoms with E-state index < -0.39 is 36.3 Å². The summed E-state index contributed by atoms with van der Waals surface area (Å²) in [4.78, 5) is 39.4. The van der Waals surface area contributed by atoms with E-state index in [1.165, 1.54) is 270 Å². The Morgan fingerprint density at radius 3 is 0.538 bits per heavy atom. The molecule has 0 aromatic rings. The van der Waals surface area contributed by atoms with Crippen LogP contribution in [0.25, 0.3) is 0 Å². The van der Waals surface area contributed by atoms with E-state index in [1.807, 2.05) is 0 Å². The lowest BCUT2D eigenvalue weighted by molar-refractivity contribution is -0.448. The third-order valence-electron chi connectivity index (χ3n) is 16.4. The van der Waals surface area contributed by atoms with Crippen LogP contribution < -0.4 is 0 Å². The molecule has 0 bridgehead atoms. The van der Waals surface area contributed by atoms with E-state index >= 15 is 0 Å². The van der Waals surface area contributed by atoms with E-state index in [1.54, 1.807) is 0 Å². The van der Waals surface area contributed by atoms with Gasteiger partial charge in [-0.2, -0.15) is 0 Å². The van der Waals surface area contributed by atoms with Gasteiger partial charge in [-0.3, -0.25) is 14.4 Å². The molecule has 1 unspecified atom stereocenters. The number of hydrogen-bond donors (Lipinski definition) is 3. The minimum atomic E-state index is -3.40. The Morgan fingerprint density at radius 1 is 0.244 bits per heavy atom. The van der Waals surface area contributed by atoms with Gasteiger partial charge < -0.3 is 29.5 Å². The molecule has 0 aromatic carbocycles. The molecule has 78 heavy (non-hydrogen) atoms. The number of carbonyl (C=O) groups excluding carboxylic acids is 3. The predicted octanol–water partition coefficient (Wildman–Crippen LogP) is 21.4. The highest BCUT2D eigenvalue weighted by Crippen LogP contribution is 2.30. The van der Waals surface area contributed by atoms with Gasteiger partial charge in [0.15, 0.2) is 0 Å². The van der Waals surface area contributed by atoms with E-state index in [0.717, 1.165) is 77.0 Å². The van der Waals surface area contributed by atoms with Crippen molar-refractivity contribution < 1.29 is 43.9 Å². The van der Waals surface area contributed by atoms with Crippen LogP contribution in [0.2, 0.25) is 0 Å². The second kappa shape index (κ2) is 59.9. The number of aliphatic hydroxyl groups is 3. The van der Waals surface area contributed by atoms with Gasteiger partial charge in [-0.15, -0.1) is 0 Å². The van der Waals surface area contributed by atoms with Crippen molar-refractivity contribution in [1.29, 1.82) is 0 Å². The van der Waals surface area contributed by atoms with Crippen LogP contribution in [0.4, 0.5) is 0 Å². The van der Waals surface area contributed by atoms with Crippen molar-refractivity contribution in [1.82, 2.24) is 0 Å². The molecule has 0 saturated heterocycles. The average molecular weight is 1110 g/mol. The Balaban J connectivity index is 4.70. The lowest BCUT2D eigenvalue weighted by atomic mass is 10.0. The Morgan fingerprint density at radius 2 is 0.385 bits per heavy atom. The molecule has 0 heterocycles. The second-order valence-corrected chi connectivity index (χ2v) is 24.3. The van der Waals surface area contributed by atoms with Crippen LogP contribution in [0.1, 0.15) is 406 Å². The van der Waals surface area contributed by atoms with Crippen molar-refractivity contribution in [2.75, 3.05) is 6.61 Å². The highest BCUT2D eigenvalue weighted by Gasteiger charge is 2.61. The number of carbonyl (C=O) groups is 3. The minimum absolute atomic E-state index is 0.0716. The van der Waals surface area contributed by atoms with Gasteiger partial charge in [0.05, 0.1) is 0 Å². The summed E-state index contributed by atoms with van der Waals surface area (Å²) in [6.07, 6.45) is 69.8. The molecular weight excluding hydrogens is 973 g/mol. The van der Waals surface area contributed by atoms with Crippen LogP contribution in [-0.2, 0) is 28.6 Å². The van der Waals surface area contributed by atoms with Crippen molar-refractivity contribution >= 4 is 17.9 Å². The highest BCUT2D eigenvalue weighted by atomic mass is 16.9. The molecule has 0 aromatic heterocycles. The molecular formula is C69H134O9. The number of unbranched alkanes of at least 4 members (excludes halogenated alkanes) is 54. The predicted molar refractivity (Wildman–Crippen MR) is 329 cm³/mol. The van der Waals surface area contributed by atoms with Crippen LogP contribution in [0, 0.1) is 0 Å². The zero-order valence-electron chi connectivity index (χ0n) is 52.4. The first-order chi connectivity index (χ1) is 38.2. The summed E-state index contributed by atoms with van der Waals surface area (Å²) in [5.74, 6) is -9.31. The molecule has 0 rings (SSSR count). The number of rotatable bonds is 65. The smallest absolute Gasteiger partial charge is 0.420 e. The van der Waals surface area contributed by atoms with E-state index in [4.69, 9.17) is 14.2 Å². The molecule has 464 valence electrons. The molecule has 9 heteroatoms. The Labute approximate surface area is 484 Å². The van der Waals surface area contributed by atoms with Crippen LogP contribution in [-0.4, -0.2) is 51.6 Å². The lowest BCUT2D eigenvalue weighted by Crippen LogP contribution is -2.63.